The molecule has 1 aromatic rings. The van der Waals surface area contributed by atoms with Crippen molar-refractivity contribution in [2.24, 2.45) is 11.7 Å². The zero-order valence-corrected chi connectivity index (χ0v) is 11.5. The molecule has 0 bridgehead atoms. The quantitative estimate of drug-likeness (QED) is 0.842. The lowest BCUT2D eigenvalue weighted by molar-refractivity contribution is -0.124. The summed E-state index contributed by atoms with van der Waals surface area (Å²) in [7, 11) is 0. The first-order valence-corrected chi connectivity index (χ1v) is 6.38. The van der Waals surface area contributed by atoms with Gasteiger partial charge >= 0.3 is 0 Å². The Morgan fingerprint density at radius 1 is 1.42 bits per heavy atom. The number of amides is 1. The number of hydrogen-bond acceptors (Lipinski definition) is 4. The summed E-state index contributed by atoms with van der Waals surface area (Å²) in [6.07, 6.45) is 0. The van der Waals surface area contributed by atoms with Gasteiger partial charge in [-0.2, -0.15) is 0 Å². The Morgan fingerprint density at radius 2 is 2.11 bits per heavy atom. The maximum absolute atomic E-state index is 11.8. The Balaban J connectivity index is 2.30. The van der Waals surface area contributed by atoms with Gasteiger partial charge < -0.3 is 15.2 Å². The van der Waals surface area contributed by atoms with Crippen LogP contribution in [-0.4, -0.2) is 19.2 Å². The number of rotatable bonds is 5. The number of carbonyl (C=O) groups is 1. The summed E-state index contributed by atoms with van der Waals surface area (Å²) < 4.78 is 10.6. The average Bonchev–Trinajstić information content (AvgIpc) is 2.82. The molecule has 0 radical (unpaired) electrons. The van der Waals surface area contributed by atoms with Gasteiger partial charge in [-0.1, -0.05) is 19.9 Å². The minimum Gasteiger partial charge on any atom is -0.454 e. The van der Waals surface area contributed by atoms with Crippen molar-refractivity contribution in [1.82, 2.24) is 5.32 Å². The van der Waals surface area contributed by atoms with Crippen LogP contribution in [0.3, 0.4) is 0 Å². The van der Waals surface area contributed by atoms with E-state index < -0.39 is 11.4 Å². The Morgan fingerprint density at radius 3 is 2.74 bits per heavy atom. The number of hydrogen-bond donors (Lipinski definition) is 2. The van der Waals surface area contributed by atoms with Crippen LogP contribution in [0.25, 0.3) is 0 Å². The Kier molecular flexibility index (Phi) is 3.66. The highest BCUT2D eigenvalue weighted by Crippen LogP contribution is 2.35. The van der Waals surface area contributed by atoms with Crippen molar-refractivity contribution in [2.75, 3.05) is 13.3 Å². The number of primary amides is 1. The van der Waals surface area contributed by atoms with Gasteiger partial charge in [0.1, 0.15) is 5.54 Å². The predicted molar refractivity (Wildman–Crippen MR) is 72.0 cm³/mol. The van der Waals surface area contributed by atoms with E-state index in [1.54, 1.807) is 19.1 Å². The molecule has 0 saturated heterocycles. The average molecular weight is 264 g/mol. The molecular weight excluding hydrogens is 244 g/mol. The molecule has 0 spiro atoms. The molecule has 5 heteroatoms. The molecule has 1 aliphatic heterocycles. The number of nitrogens with two attached hydrogens (primary N) is 1. The first kappa shape index (κ1) is 13.7. The fourth-order valence-corrected chi connectivity index (χ4v) is 1.95. The van der Waals surface area contributed by atoms with E-state index in [9.17, 15) is 4.79 Å². The van der Waals surface area contributed by atoms with E-state index in [0.29, 0.717) is 24.0 Å². The molecule has 0 saturated carbocycles. The highest BCUT2D eigenvalue weighted by atomic mass is 16.7. The van der Waals surface area contributed by atoms with Gasteiger partial charge in [0.2, 0.25) is 12.7 Å². The molecule has 0 aromatic heterocycles. The minimum absolute atomic E-state index is 0.214. The van der Waals surface area contributed by atoms with Crippen molar-refractivity contribution in [1.29, 1.82) is 0 Å². The van der Waals surface area contributed by atoms with Gasteiger partial charge in [0.15, 0.2) is 11.5 Å². The lowest BCUT2D eigenvalue weighted by Crippen LogP contribution is -2.51. The normalized spacial score (nSPS) is 16.4. The van der Waals surface area contributed by atoms with Crippen LogP contribution in [0.15, 0.2) is 18.2 Å². The number of ether oxygens (including phenoxy) is 2. The van der Waals surface area contributed by atoms with Crippen LogP contribution < -0.4 is 20.5 Å². The van der Waals surface area contributed by atoms with Crippen LogP contribution in [-0.2, 0) is 10.3 Å². The fourth-order valence-electron chi connectivity index (χ4n) is 1.95. The lowest BCUT2D eigenvalue weighted by atomic mass is 9.90. The van der Waals surface area contributed by atoms with Gasteiger partial charge in [0.25, 0.3) is 0 Å². The van der Waals surface area contributed by atoms with Crippen molar-refractivity contribution in [2.45, 2.75) is 26.3 Å². The Bertz CT molecular complexity index is 488. The van der Waals surface area contributed by atoms with E-state index in [4.69, 9.17) is 15.2 Å². The van der Waals surface area contributed by atoms with Crippen LogP contribution >= 0.6 is 0 Å². The molecule has 2 rings (SSSR count). The van der Waals surface area contributed by atoms with Crippen LogP contribution in [0.4, 0.5) is 0 Å². The molecule has 1 aromatic carbocycles. The largest absolute Gasteiger partial charge is 0.454 e. The summed E-state index contributed by atoms with van der Waals surface area (Å²) in [4.78, 5) is 11.8. The van der Waals surface area contributed by atoms with Gasteiger partial charge in [-0.25, -0.2) is 0 Å². The van der Waals surface area contributed by atoms with Gasteiger partial charge in [-0.15, -0.1) is 0 Å². The Hall–Kier alpha value is -1.75. The molecular formula is C14H20N2O3. The standard InChI is InChI=1S/C14H20N2O3/c1-9(2)7-16-14(3,13(15)17)10-4-5-11-12(6-10)19-8-18-11/h4-6,9,16H,7-8H2,1-3H3,(H2,15,17). The highest BCUT2D eigenvalue weighted by molar-refractivity contribution is 5.86. The molecule has 104 valence electrons. The summed E-state index contributed by atoms with van der Waals surface area (Å²) in [5.41, 5.74) is 5.43. The highest BCUT2D eigenvalue weighted by Gasteiger charge is 2.34. The van der Waals surface area contributed by atoms with Crippen molar-refractivity contribution >= 4 is 5.91 Å². The third kappa shape index (κ3) is 2.66. The summed E-state index contributed by atoms with van der Waals surface area (Å²) in [5.74, 6) is 1.36. The van der Waals surface area contributed by atoms with E-state index in [-0.39, 0.29) is 6.79 Å². The van der Waals surface area contributed by atoms with E-state index in [0.717, 1.165) is 5.56 Å². The molecule has 5 nitrogen and oxygen atoms in total. The third-order valence-corrected chi connectivity index (χ3v) is 3.31. The molecule has 1 unspecified atom stereocenters. The lowest BCUT2D eigenvalue weighted by Gasteiger charge is -2.29. The van der Waals surface area contributed by atoms with Crippen molar-refractivity contribution in [3.63, 3.8) is 0 Å². The zero-order valence-electron chi connectivity index (χ0n) is 11.5. The van der Waals surface area contributed by atoms with Crippen LogP contribution in [0, 0.1) is 5.92 Å². The molecule has 1 aliphatic rings. The van der Waals surface area contributed by atoms with Crippen LogP contribution in [0.5, 0.6) is 11.5 Å². The smallest absolute Gasteiger partial charge is 0.242 e. The van der Waals surface area contributed by atoms with Crippen molar-refractivity contribution in [3.8, 4) is 11.5 Å². The predicted octanol–water partition coefficient (Wildman–Crippen LogP) is 1.36. The summed E-state index contributed by atoms with van der Waals surface area (Å²) >= 11 is 0. The number of fused-ring (bicyclic) bond motifs is 1. The topological polar surface area (TPSA) is 73.6 Å². The van der Waals surface area contributed by atoms with E-state index >= 15 is 0 Å². The molecule has 1 atom stereocenters. The molecule has 0 fully saturated rings. The first-order chi connectivity index (χ1) is 8.93. The molecule has 3 N–H and O–H groups in total. The van der Waals surface area contributed by atoms with Crippen LogP contribution in [0.2, 0.25) is 0 Å². The SMILES string of the molecule is CC(C)CNC(C)(C(N)=O)c1ccc2c(c1)OCO2. The number of benzene rings is 1. The second-order valence-electron chi connectivity index (χ2n) is 5.33. The fraction of sp³-hybridized carbons (Fsp3) is 0.500. The first-order valence-electron chi connectivity index (χ1n) is 6.38. The molecule has 19 heavy (non-hydrogen) atoms. The zero-order chi connectivity index (χ0) is 14.0. The monoisotopic (exact) mass is 264 g/mol. The van der Waals surface area contributed by atoms with Gasteiger partial charge in [0, 0.05) is 0 Å². The van der Waals surface area contributed by atoms with Gasteiger partial charge in [-0.3, -0.25) is 10.1 Å². The molecule has 0 aliphatic carbocycles. The van der Waals surface area contributed by atoms with Crippen molar-refractivity contribution in [3.05, 3.63) is 23.8 Å². The molecule has 1 amide bonds. The second kappa shape index (κ2) is 5.09. The van der Waals surface area contributed by atoms with E-state index in [2.05, 4.69) is 19.2 Å². The van der Waals surface area contributed by atoms with Gasteiger partial charge in [-0.05, 0) is 37.1 Å². The Labute approximate surface area is 113 Å². The number of nitrogens with one attached hydrogen (secondary N) is 1. The third-order valence-electron chi connectivity index (χ3n) is 3.31. The van der Waals surface area contributed by atoms with Crippen LogP contribution in [0.1, 0.15) is 26.3 Å². The minimum atomic E-state index is -0.911. The van der Waals surface area contributed by atoms with E-state index in [1.807, 2.05) is 6.07 Å². The van der Waals surface area contributed by atoms with Crippen molar-refractivity contribution < 1.29 is 14.3 Å². The van der Waals surface area contributed by atoms with E-state index in [1.165, 1.54) is 0 Å². The maximum atomic E-state index is 11.8. The maximum Gasteiger partial charge on any atom is 0.242 e. The summed E-state index contributed by atoms with van der Waals surface area (Å²) in [6, 6.07) is 5.45. The second-order valence-corrected chi connectivity index (χ2v) is 5.33. The van der Waals surface area contributed by atoms with Gasteiger partial charge in [0.05, 0.1) is 0 Å². The summed E-state index contributed by atoms with van der Waals surface area (Å²) in [6.45, 7) is 6.86. The summed E-state index contributed by atoms with van der Waals surface area (Å²) in [5, 5.41) is 3.23. The number of carbonyl (C=O) groups excluding carboxylic acids is 1. The molecule has 1 heterocycles.